The Kier molecular flexibility index (Phi) is 4.83. The van der Waals surface area contributed by atoms with Crippen molar-refractivity contribution < 1.29 is 13.2 Å². The number of amides is 1. The highest BCUT2D eigenvalue weighted by molar-refractivity contribution is 7.89. The van der Waals surface area contributed by atoms with E-state index in [-0.39, 0.29) is 40.4 Å². The number of hydrogen-bond donors (Lipinski definition) is 2. The summed E-state index contributed by atoms with van der Waals surface area (Å²) in [4.78, 5) is 11.4. The standard InChI is InChI=1S/C13H14ClN3O3S/c14-11-7-9(8-15)1-4-12(11)21(19,20)16-6-5-13(18)17-10-2-3-10/h1,4,7,10,16H,2-3,5-6H2,(H,17,18). The van der Waals surface area contributed by atoms with Gasteiger partial charge < -0.3 is 5.32 Å². The summed E-state index contributed by atoms with van der Waals surface area (Å²) in [6, 6.07) is 6.06. The van der Waals surface area contributed by atoms with E-state index in [9.17, 15) is 13.2 Å². The molecular weight excluding hydrogens is 314 g/mol. The van der Waals surface area contributed by atoms with Crippen molar-refractivity contribution in [3.05, 3.63) is 28.8 Å². The lowest BCUT2D eigenvalue weighted by Crippen LogP contribution is -2.31. The van der Waals surface area contributed by atoms with Gasteiger partial charge in [-0.2, -0.15) is 5.26 Å². The quantitative estimate of drug-likeness (QED) is 0.819. The van der Waals surface area contributed by atoms with E-state index in [0.29, 0.717) is 0 Å². The van der Waals surface area contributed by atoms with Crippen LogP contribution >= 0.6 is 11.6 Å². The largest absolute Gasteiger partial charge is 0.353 e. The topological polar surface area (TPSA) is 99.1 Å². The number of nitrogens with one attached hydrogen (secondary N) is 2. The number of hydrogen-bond acceptors (Lipinski definition) is 4. The third-order valence-electron chi connectivity index (χ3n) is 2.94. The molecule has 0 saturated heterocycles. The minimum absolute atomic E-state index is 0.00276. The first-order chi connectivity index (χ1) is 9.92. The summed E-state index contributed by atoms with van der Waals surface area (Å²) in [5, 5.41) is 11.5. The van der Waals surface area contributed by atoms with Gasteiger partial charge in [0.25, 0.3) is 0 Å². The van der Waals surface area contributed by atoms with Crippen LogP contribution in [0, 0.1) is 11.3 Å². The van der Waals surface area contributed by atoms with E-state index in [0.717, 1.165) is 12.8 Å². The van der Waals surface area contributed by atoms with Gasteiger partial charge in [0, 0.05) is 19.0 Å². The van der Waals surface area contributed by atoms with Crippen molar-refractivity contribution in [2.24, 2.45) is 0 Å². The SMILES string of the molecule is N#Cc1ccc(S(=O)(=O)NCCC(=O)NC2CC2)c(Cl)c1. The van der Waals surface area contributed by atoms with Crippen LogP contribution in [-0.4, -0.2) is 26.9 Å². The molecule has 0 spiro atoms. The summed E-state index contributed by atoms with van der Waals surface area (Å²) in [5.74, 6) is -0.175. The second kappa shape index (κ2) is 6.43. The maximum Gasteiger partial charge on any atom is 0.242 e. The molecule has 21 heavy (non-hydrogen) atoms. The van der Waals surface area contributed by atoms with Crippen molar-refractivity contribution in [1.29, 1.82) is 5.26 Å². The molecular formula is C13H14ClN3O3S. The summed E-state index contributed by atoms with van der Waals surface area (Å²) in [5.41, 5.74) is 0.280. The molecule has 1 fully saturated rings. The van der Waals surface area contributed by atoms with Crippen molar-refractivity contribution in [3.8, 4) is 6.07 Å². The molecule has 1 saturated carbocycles. The van der Waals surface area contributed by atoms with Crippen LogP contribution in [0.4, 0.5) is 0 Å². The molecule has 6 nitrogen and oxygen atoms in total. The number of halogens is 1. The Bertz CT molecular complexity index is 693. The summed E-state index contributed by atoms with van der Waals surface area (Å²) in [6.07, 6.45) is 2.04. The number of nitriles is 1. The second-order valence-electron chi connectivity index (χ2n) is 4.75. The zero-order chi connectivity index (χ0) is 15.5. The van der Waals surface area contributed by atoms with Crippen LogP contribution in [0.3, 0.4) is 0 Å². The minimum atomic E-state index is -3.80. The lowest BCUT2D eigenvalue weighted by atomic mass is 10.2. The van der Waals surface area contributed by atoms with E-state index in [1.165, 1.54) is 18.2 Å². The van der Waals surface area contributed by atoms with Crippen molar-refractivity contribution >= 4 is 27.5 Å². The number of benzene rings is 1. The van der Waals surface area contributed by atoms with Gasteiger partial charge in [-0.05, 0) is 31.0 Å². The molecule has 0 atom stereocenters. The summed E-state index contributed by atoms with van der Waals surface area (Å²) < 4.78 is 26.4. The van der Waals surface area contributed by atoms with E-state index in [1.807, 2.05) is 6.07 Å². The molecule has 1 amide bonds. The van der Waals surface area contributed by atoms with E-state index in [4.69, 9.17) is 16.9 Å². The Labute approximate surface area is 128 Å². The number of sulfonamides is 1. The smallest absolute Gasteiger partial charge is 0.242 e. The molecule has 0 heterocycles. The normalized spacial score (nSPS) is 14.5. The van der Waals surface area contributed by atoms with Crippen molar-refractivity contribution in [1.82, 2.24) is 10.0 Å². The van der Waals surface area contributed by atoms with Gasteiger partial charge in [-0.25, -0.2) is 13.1 Å². The zero-order valence-corrected chi connectivity index (χ0v) is 12.7. The second-order valence-corrected chi connectivity index (χ2v) is 6.89. The highest BCUT2D eigenvalue weighted by Crippen LogP contribution is 2.22. The van der Waals surface area contributed by atoms with Gasteiger partial charge >= 0.3 is 0 Å². The Balaban J connectivity index is 1.94. The molecule has 1 aromatic carbocycles. The molecule has 1 aliphatic rings. The van der Waals surface area contributed by atoms with Gasteiger partial charge in [-0.15, -0.1) is 0 Å². The predicted octanol–water partition coefficient (Wildman–Crippen LogP) is 1.16. The van der Waals surface area contributed by atoms with Gasteiger partial charge in [0.1, 0.15) is 4.90 Å². The molecule has 1 aliphatic carbocycles. The fraction of sp³-hybridized carbons (Fsp3) is 0.385. The zero-order valence-electron chi connectivity index (χ0n) is 11.1. The fourth-order valence-electron chi connectivity index (χ4n) is 1.69. The Morgan fingerprint density at radius 1 is 1.43 bits per heavy atom. The maximum absolute atomic E-state index is 12.1. The molecule has 0 aromatic heterocycles. The fourth-order valence-corrected chi connectivity index (χ4v) is 3.27. The maximum atomic E-state index is 12.1. The lowest BCUT2D eigenvalue weighted by molar-refractivity contribution is -0.121. The molecule has 0 unspecified atom stereocenters. The number of carbonyl (C=O) groups is 1. The summed E-state index contributed by atoms with van der Waals surface area (Å²) >= 11 is 5.86. The van der Waals surface area contributed by atoms with Crippen LogP contribution in [0.25, 0.3) is 0 Å². The first-order valence-electron chi connectivity index (χ1n) is 6.41. The van der Waals surface area contributed by atoms with Crippen LogP contribution in [-0.2, 0) is 14.8 Å². The number of rotatable bonds is 6. The Hall–Kier alpha value is -1.62. The van der Waals surface area contributed by atoms with Crippen molar-refractivity contribution in [3.63, 3.8) is 0 Å². The van der Waals surface area contributed by atoms with Gasteiger partial charge in [0.15, 0.2) is 0 Å². The minimum Gasteiger partial charge on any atom is -0.353 e. The molecule has 112 valence electrons. The lowest BCUT2D eigenvalue weighted by Gasteiger charge is -2.08. The van der Waals surface area contributed by atoms with Crippen LogP contribution in [0.15, 0.2) is 23.1 Å². The molecule has 0 bridgehead atoms. The highest BCUT2D eigenvalue weighted by atomic mass is 35.5. The van der Waals surface area contributed by atoms with Gasteiger partial charge in [0.2, 0.25) is 15.9 Å². The van der Waals surface area contributed by atoms with Crippen LogP contribution in [0.1, 0.15) is 24.8 Å². The van der Waals surface area contributed by atoms with Gasteiger partial charge in [-0.3, -0.25) is 4.79 Å². The molecule has 2 rings (SSSR count). The Morgan fingerprint density at radius 2 is 2.14 bits per heavy atom. The van der Waals surface area contributed by atoms with E-state index >= 15 is 0 Å². The average Bonchev–Trinajstić information content (AvgIpc) is 3.21. The molecule has 1 aromatic rings. The Morgan fingerprint density at radius 3 is 2.71 bits per heavy atom. The monoisotopic (exact) mass is 327 g/mol. The third kappa shape index (κ3) is 4.43. The van der Waals surface area contributed by atoms with Gasteiger partial charge in [0.05, 0.1) is 16.7 Å². The molecule has 0 radical (unpaired) electrons. The predicted molar refractivity (Wildman–Crippen MR) is 77.1 cm³/mol. The van der Waals surface area contributed by atoms with Crippen LogP contribution < -0.4 is 10.0 Å². The molecule has 2 N–H and O–H groups in total. The van der Waals surface area contributed by atoms with Crippen LogP contribution in [0.5, 0.6) is 0 Å². The van der Waals surface area contributed by atoms with Crippen molar-refractivity contribution in [2.75, 3.05) is 6.54 Å². The van der Waals surface area contributed by atoms with Crippen LogP contribution in [0.2, 0.25) is 5.02 Å². The summed E-state index contributed by atoms with van der Waals surface area (Å²) in [6.45, 7) is -0.00276. The third-order valence-corrected chi connectivity index (χ3v) is 4.88. The van der Waals surface area contributed by atoms with E-state index < -0.39 is 10.0 Å². The van der Waals surface area contributed by atoms with E-state index in [1.54, 1.807) is 0 Å². The first kappa shape index (κ1) is 15.8. The van der Waals surface area contributed by atoms with E-state index in [2.05, 4.69) is 10.0 Å². The summed E-state index contributed by atoms with van der Waals surface area (Å²) in [7, 11) is -3.80. The number of carbonyl (C=O) groups excluding carboxylic acids is 1. The number of nitrogens with zero attached hydrogens (tertiary/aromatic N) is 1. The molecule has 8 heteroatoms. The molecule has 0 aliphatic heterocycles. The van der Waals surface area contributed by atoms with Gasteiger partial charge in [-0.1, -0.05) is 11.6 Å². The van der Waals surface area contributed by atoms with Crippen molar-refractivity contribution in [2.45, 2.75) is 30.2 Å². The highest BCUT2D eigenvalue weighted by Gasteiger charge is 2.23. The first-order valence-corrected chi connectivity index (χ1v) is 8.27. The average molecular weight is 328 g/mol.